The Hall–Kier alpha value is -3.11. The molecule has 0 amide bonds. The molecule has 0 spiro atoms. The maximum absolute atomic E-state index is 12.9. The maximum atomic E-state index is 12.9. The van der Waals surface area contributed by atoms with E-state index in [4.69, 9.17) is 0 Å². The summed E-state index contributed by atoms with van der Waals surface area (Å²) < 4.78 is 91.2. The molecule has 0 radical (unpaired) electrons. The molecule has 0 aromatic heterocycles. The highest BCUT2D eigenvalue weighted by Gasteiger charge is 2.47. The summed E-state index contributed by atoms with van der Waals surface area (Å²) in [4.78, 5) is -2.03. The number of nitriles is 1. The van der Waals surface area contributed by atoms with E-state index in [0.29, 0.717) is 17.7 Å². The molecule has 176 valence electrons. The number of sulfone groups is 1. The van der Waals surface area contributed by atoms with E-state index in [2.05, 4.69) is 9.71 Å². The van der Waals surface area contributed by atoms with Crippen molar-refractivity contribution in [1.29, 1.82) is 5.26 Å². The number of hydrogen-bond donors (Lipinski definition) is 2. The second-order valence-corrected chi connectivity index (χ2v) is 11.8. The average molecular weight is 502 g/mol. The van der Waals surface area contributed by atoms with Crippen LogP contribution >= 0.6 is 0 Å². The van der Waals surface area contributed by atoms with E-state index in [9.17, 15) is 40.4 Å². The summed E-state index contributed by atoms with van der Waals surface area (Å²) in [6.07, 6.45) is 0. The number of benzene rings is 2. The van der Waals surface area contributed by atoms with Gasteiger partial charge < -0.3 is 10.4 Å². The largest absolute Gasteiger partial charge is 0.507 e. The number of sulfonamides is 1. The fraction of sp³-hybridized carbons (Fsp3) is 0.300. The molecule has 0 bridgehead atoms. The Morgan fingerprint density at radius 3 is 2.27 bits per heavy atom. The fourth-order valence-corrected chi connectivity index (χ4v) is 5.30. The Morgan fingerprint density at radius 1 is 1.15 bits per heavy atom. The quantitative estimate of drug-likeness (QED) is 0.640. The van der Waals surface area contributed by atoms with E-state index in [1.807, 2.05) is 6.07 Å². The number of alkyl halides is 3. The topological polar surface area (TPSA) is 137 Å². The van der Waals surface area contributed by atoms with Gasteiger partial charge in [-0.1, -0.05) is 20.8 Å². The molecule has 0 atom stereocenters. The Labute approximate surface area is 188 Å². The van der Waals surface area contributed by atoms with E-state index in [0.717, 1.165) is 6.07 Å². The first-order valence-electron chi connectivity index (χ1n) is 9.26. The molecule has 1 aliphatic rings. The lowest BCUT2D eigenvalue weighted by molar-refractivity contribution is -0.0436. The lowest BCUT2D eigenvalue weighted by atomic mass is 9.82. The number of nitrogens with zero attached hydrogens (tertiary/aromatic N) is 2. The molecule has 33 heavy (non-hydrogen) atoms. The predicted molar refractivity (Wildman–Crippen MR) is 113 cm³/mol. The van der Waals surface area contributed by atoms with Gasteiger partial charge in [0.1, 0.15) is 10.6 Å². The van der Waals surface area contributed by atoms with Crippen molar-refractivity contribution in [1.82, 2.24) is 0 Å². The van der Waals surface area contributed by atoms with Crippen LogP contribution in [-0.2, 0) is 25.3 Å². The second kappa shape index (κ2) is 7.46. The number of amidine groups is 1. The second-order valence-electron chi connectivity index (χ2n) is 8.33. The minimum absolute atomic E-state index is 0.0693. The van der Waals surface area contributed by atoms with Crippen LogP contribution in [0.5, 0.6) is 5.75 Å². The van der Waals surface area contributed by atoms with Crippen molar-refractivity contribution < 1.29 is 35.1 Å². The molecule has 0 saturated carbocycles. The summed E-state index contributed by atoms with van der Waals surface area (Å²) >= 11 is 0. The number of halogens is 3. The number of phenols is 1. The van der Waals surface area contributed by atoms with E-state index < -0.39 is 40.6 Å². The SMILES string of the molecule is Cc1c(C#N)cc(C(C)(C)C)c(O)c1C1=NS(=O)(=O)c2cc(S(=O)(=O)C(F)(F)F)ccc2N1. The minimum atomic E-state index is -5.79. The molecule has 0 saturated heterocycles. The summed E-state index contributed by atoms with van der Waals surface area (Å²) in [6.45, 7) is 6.79. The highest BCUT2D eigenvalue weighted by molar-refractivity contribution is 7.92. The van der Waals surface area contributed by atoms with Gasteiger partial charge in [-0.05, 0) is 42.2 Å². The zero-order valence-corrected chi connectivity index (χ0v) is 19.4. The van der Waals surface area contributed by atoms with Gasteiger partial charge in [-0.3, -0.25) is 0 Å². The van der Waals surface area contributed by atoms with Crippen molar-refractivity contribution in [3.05, 3.63) is 46.5 Å². The Bertz CT molecular complexity index is 1460. The van der Waals surface area contributed by atoms with Crippen LogP contribution in [0.1, 0.15) is 43.0 Å². The molecule has 1 aliphatic heterocycles. The highest BCUT2D eigenvalue weighted by Crippen LogP contribution is 2.40. The third-order valence-corrected chi connectivity index (χ3v) is 7.84. The monoisotopic (exact) mass is 501 g/mol. The standard InChI is InChI=1S/C20H18F3N3O5S2/c1-10-11(9-24)7-13(19(2,3)4)17(27)16(10)18-25-14-6-5-12(32(28,29)20(21,22)23)8-15(14)33(30,31)26-18/h5-8,27H,1-4H3,(H,25,26). The molecule has 2 aromatic carbocycles. The molecular weight excluding hydrogens is 483 g/mol. The number of phenolic OH excluding ortho intramolecular Hbond substituents is 1. The Morgan fingerprint density at radius 2 is 1.76 bits per heavy atom. The van der Waals surface area contributed by atoms with Crippen molar-refractivity contribution in [2.45, 2.75) is 48.4 Å². The van der Waals surface area contributed by atoms with E-state index in [1.54, 1.807) is 20.8 Å². The lowest BCUT2D eigenvalue weighted by Gasteiger charge is -2.26. The van der Waals surface area contributed by atoms with Crippen LogP contribution in [0.2, 0.25) is 0 Å². The summed E-state index contributed by atoms with van der Waals surface area (Å²) in [5, 5.41) is 23.0. The van der Waals surface area contributed by atoms with Crippen molar-refractivity contribution in [3.63, 3.8) is 0 Å². The molecule has 3 rings (SSSR count). The van der Waals surface area contributed by atoms with Gasteiger partial charge in [-0.25, -0.2) is 8.42 Å². The molecule has 2 aromatic rings. The Kier molecular flexibility index (Phi) is 5.54. The van der Waals surface area contributed by atoms with Crippen LogP contribution in [0, 0.1) is 18.3 Å². The van der Waals surface area contributed by atoms with Gasteiger partial charge in [0.25, 0.3) is 19.9 Å². The highest BCUT2D eigenvalue weighted by atomic mass is 32.2. The van der Waals surface area contributed by atoms with Gasteiger partial charge >= 0.3 is 5.51 Å². The first-order chi connectivity index (χ1) is 14.9. The Balaban J connectivity index is 2.26. The average Bonchev–Trinajstić information content (AvgIpc) is 2.65. The third kappa shape index (κ3) is 4.04. The van der Waals surface area contributed by atoms with E-state index in [-0.39, 0.29) is 34.0 Å². The molecule has 1 heterocycles. The normalized spacial score (nSPS) is 15.8. The van der Waals surface area contributed by atoms with Gasteiger partial charge in [0.05, 0.1) is 27.8 Å². The van der Waals surface area contributed by atoms with Gasteiger partial charge in [0, 0.05) is 5.56 Å². The molecular formula is C20H18F3N3O5S2. The number of nitrogens with one attached hydrogen (secondary N) is 1. The minimum Gasteiger partial charge on any atom is -0.507 e. The molecule has 13 heteroatoms. The van der Waals surface area contributed by atoms with Crippen LogP contribution in [0.4, 0.5) is 18.9 Å². The van der Waals surface area contributed by atoms with Crippen LogP contribution in [-0.4, -0.2) is 33.3 Å². The molecule has 0 aliphatic carbocycles. The number of aromatic hydroxyl groups is 1. The summed E-state index contributed by atoms with van der Waals surface area (Å²) in [5.74, 6) is -0.674. The van der Waals surface area contributed by atoms with Gasteiger partial charge in [-0.15, -0.1) is 4.40 Å². The fourth-order valence-electron chi connectivity index (χ4n) is 3.29. The number of rotatable bonds is 2. The van der Waals surface area contributed by atoms with E-state index in [1.165, 1.54) is 13.0 Å². The molecule has 0 fully saturated rings. The first-order valence-corrected chi connectivity index (χ1v) is 12.2. The zero-order valence-electron chi connectivity index (χ0n) is 17.7. The van der Waals surface area contributed by atoms with Crippen molar-refractivity contribution in [3.8, 4) is 11.8 Å². The first kappa shape index (κ1) is 24.5. The maximum Gasteiger partial charge on any atom is 0.501 e. The van der Waals surface area contributed by atoms with Gasteiger partial charge in [0.2, 0.25) is 0 Å². The smallest absolute Gasteiger partial charge is 0.501 e. The molecule has 8 nitrogen and oxygen atoms in total. The van der Waals surface area contributed by atoms with Crippen LogP contribution < -0.4 is 5.32 Å². The van der Waals surface area contributed by atoms with Crippen LogP contribution in [0.15, 0.2) is 38.5 Å². The third-order valence-electron chi connectivity index (χ3n) is 5.04. The zero-order chi connectivity index (χ0) is 25.1. The van der Waals surface area contributed by atoms with Crippen molar-refractivity contribution >= 4 is 31.4 Å². The van der Waals surface area contributed by atoms with E-state index >= 15 is 0 Å². The number of hydrogen-bond acceptors (Lipinski definition) is 7. The number of anilines is 1. The molecule has 2 N–H and O–H groups in total. The van der Waals surface area contributed by atoms with Crippen molar-refractivity contribution in [2.24, 2.45) is 4.40 Å². The molecule has 0 unspecified atom stereocenters. The van der Waals surface area contributed by atoms with Gasteiger partial charge in [-0.2, -0.15) is 26.9 Å². The lowest BCUT2D eigenvalue weighted by Crippen LogP contribution is -2.26. The number of fused-ring (bicyclic) bond motifs is 1. The van der Waals surface area contributed by atoms with Crippen molar-refractivity contribution in [2.75, 3.05) is 5.32 Å². The van der Waals surface area contributed by atoms with Crippen LogP contribution in [0.3, 0.4) is 0 Å². The predicted octanol–water partition coefficient (Wildman–Crippen LogP) is 3.72. The summed E-state index contributed by atoms with van der Waals surface area (Å²) in [6, 6.07) is 5.31. The van der Waals surface area contributed by atoms with Gasteiger partial charge in [0.15, 0.2) is 5.84 Å². The summed E-state index contributed by atoms with van der Waals surface area (Å²) in [7, 11) is -10.5. The summed E-state index contributed by atoms with van der Waals surface area (Å²) in [5.41, 5.74) is -5.83. The van der Waals surface area contributed by atoms with Crippen LogP contribution in [0.25, 0.3) is 0 Å².